The second-order valence-corrected chi connectivity index (χ2v) is 2.32. The molecule has 1 aromatic rings. The fraction of sp³-hybridized carbons (Fsp3) is 0.143. The van der Waals surface area contributed by atoms with E-state index < -0.39 is 34.4 Å². The van der Waals surface area contributed by atoms with Crippen LogP contribution in [0.1, 0.15) is 5.56 Å². The van der Waals surface area contributed by atoms with Crippen molar-refractivity contribution in [3.63, 3.8) is 0 Å². The molecule has 4 nitrogen and oxygen atoms in total. The summed E-state index contributed by atoms with van der Waals surface area (Å²) in [4.78, 5) is 9.31. The van der Waals surface area contributed by atoms with Crippen LogP contribution < -0.4 is 5.73 Å². The Labute approximate surface area is 72.1 Å². The van der Waals surface area contributed by atoms with E-state index in [0.717, 1.165) is 6.07 Å². The molecule has 0 aliphatic carbocycles. The van der Waals surface area contributed by atoms with Crippen LogP contribution in [0.3, 0.4) is 0 Å². The SMILES string of the molecule is NCc1c(F)ccc(F)c1[N+](=O)[O-]. The highest BCUT2D eigenvalue weighted by Crippen LogP contribution is 2.24. The number of halogens is 2. The topological polar surface area (TPSA) is 69.2 Å². The van der Waals surface area contributed by atoms with E-state index in [-0.39, 0.29) is 0 Å². The number of hydrogen-bond acceptors (Lipinski definition) is 3. The third-order valence-electron chi connectivity index (χ3n) is 1.56. The van der Waals surface area contributed by atoms with Crippen molar-refractivity contribution in [1.82, 2.24) is 0 Å². The smallest absolute Gasteiger partial charge is 0.312 e. The molecular formula is C7H6F2N2O2. The first-order valence-electron chi connectivity index (χ1n) is 3.39. The van der Waals surface area contributed by atoms with Crippen LogP contribution >= 0.6 is 0 Å². The number of nitrogens with zero attached hydrogens (tertiary/aromatic N) is 1. The van der Waals surface area contributed by atoms with Crippen molar-refractivity contribution in [2.75, 3.05) is 0 Å². The summed E-state index contributed by atoms with van der Waals surface area (Å²) in [6.45, 7) is -0.403. The zero-order valence-corrected chi connectivity index (χ0v) is 6.46. The summed E-state index contributed by atoms with van der Waals surface area (Å²) in [7, 11) is 0. The molecule has 0 fully saturated rings. The van der Waals surface area contributed by atoms with E-state index in [1.165, 1.54) is 0 Å². The Morgan fingerprint density at radius 2 is 1.92 bits per heavy atom. The van der Waals surface area contributed by atoms with E-state index in [4.69, 9.17) is 5.73 Å². The number of hydrogen-bond donors (Lipinski definition) is 1. The van der Waals surface area contributed by atoms with E-state index >= 15 is 0 Å². The Morgan fingerprint density at radius 3 is 2.31 bits per heavy atom. The zero-order chi connectivity index (χ0) is 10.0. The largest absolute Gasteiger partial charge is 0.326 e. The summed E-state index contributed by atoms with van der Waals surface area (Å²) in [5.41, 5.74) is 3.75. The summed E-state index contributed by atoms with van der Waals surface area (Å²) < 4.78 is 25.6. The lowest BCUT2D eigenvalue weighted by molar-refractivity contribution is -0.388. The minimum atomic E-state index is -1.08. The summed E-state index contributed by atoms with van der Waals surface area (Å²) in [5.74, 6) is -1.94. The number of nitrogens with two attached hydrogens (primary N) is 1. The lowest BCUT2D eigenvalue weighted by atomic mass is 10.1. The predicted molar refractivity (Wildman–Crippen MR) is 40.9 cm³/mol. The third-order valence-corrected chi connectivity index (χ3v) is 1.56. The van der Waals surface area contributed by atoms with Gasteiger partial charge in [-0.3, -0.25) is 10.1 Å². The van der Waals surface area contributed by atoms with E-state index in [9.17, 15) is 18.9 Å². The molecule has 0 aliphatic heterocycles. The number of nitro benzene ring substituents is 1. The summed E-state index contributed by atoms with van der Waals surface area (Å²) >= 11 is 0. The highest BCUT2D eigenvalue weighted by atomic mass is 19.1. The first-order chi connectivity index (χ1) is 6.07. The fourth-order valence-corrected chi connectivity index (χ4v) is 0.975. The Bertz CT molecular complexity index is 355. The second-order valence-electron chi connectivity index (χ2n) is 2.32. The Kier molecular flexibility index (Phi) is 2.52. The summed E-state index contributed by atoms with van der Waals surface area (Å²) in [6, 6.07) is 1.51. The van der Waals surface area contributed by atoms with Crippen molar-refractivity contribution in [1.29, 1.82) is 0 Å². The molecule has 0 atom stereocenters. The van der Waals surface area contributed by atoms with Crippen molar-refractivity contribution in [3.8, 4) is 0 Å². The summed E-state index contributed by atoms with van der Waals surface area (Å²) in [5, 5.41) is 10.3. The fourth-order valence-electron chi connectivity index (χ4n) is 0.975. The van der Waals surface area contributed by atoms with Crippen LogP contribution in [-0.4, -0.2) is 4.92 Å². The molecule has 0 heterocycles. The monoisotopic (exact) mass is 188 g/mol. The molecule has 1 aromatic carbocycles. The molecule has 0 radical (unpaired) electrons. The normalized spacial score (nSPS) is 10.1. The van der Waals surface area contributed by atoms with Gasteiger partial charge in [0, 0.05) is 6.54 Å². The van der Waals surface area contributed by atoms with Gasteiger partial charge >= 0.3 is 5.69 Å². The average Bonchev–Trinajstić information content (AvgIpc) is 2.07. The number of rotatable bonds is 2. The highest BCUT2D eigenvalue weighted by molar-refractivity contribution is 5.42. The molecule has 13 heavy (non-hydrogen) atoms. The van der Waals surface area contributed by atoms with E-state index in [1.54, 1.807) is 0 Å². The van der Waals surface area contributed by atoms with Gasteiger partial charge in [-0.05, 0) is 12.1 Å². The van der Waals surface area contributed by atoms with Crippen molar-refractivity contribution in [2.45, 2.75) is 6.54 Å². The van der Waals surface area contributed by atoms with Crippen LogP contribution in [0.4, 0.5) is 14.5 Å². The number of nitro groups is 1. The molecule has 0 bridgehead atoms. The molecule has 0 aromatic heterocycles. The highest BCUT2D eigenvalue weighted by Gasteiger charge is 2.22. The molecule has 6 heteroatoms. The van der Waals surface area contributed by atoms with Gasteiger partial charge in [-0.15, -0.1) is 0 Å². The van der Waals surface area contributed by atoms with E-state index in [0.29, 0.717) is 6.07 Å². The second kappa shape index (κ2) is 3.44. The van der Waals surface area contributed by atoms with Crippen molar-refractivity contribution >= 4 is 5.69 Å². The lowest BCUT2D eigenvalue weighted by Crippen LogP contribution is -2.06. The third kappa shape index (κ3) is 1.62. The van der Waals surface area contributed by atoms with E-state index in [1.807, 2.05) is 0 Å². The van der Waals surface area contributed by atoms with Crippen LogP contribution in [0.2, 0.25) is 0 Å². The van der Waals surface area contributed by atoms with Gasteiger partial charge in [0.25, 0.3) is 0 Å². The van der Waals surface area contributed by atoms with Gasteiger partial charge in [0.1, 0.15) is 5.82 Å². The molecule has 0 saturated heterocycles. The maximum absolute atomic E-state index is 12.8. The molecule has 0 amide bonds. The molecule has 0 saturated carbocycles. The maximum atomic E-state index is 12.8. The molecule has 0 unspecified atom stereocenters. The van der Waals surface area contributed by atoms with Gasteiger partial charge in [0.15, 0.2) is 0 Å². The van der Waals surface area contributed by atoms with Gasteiger partial charge in [0.2, 0.25) is 5.82 Å². The minimum absolute atomic E-state index is 0.403. The van der Waals surface area contributed by atoms with Crippen molar-refractivity contribution < 1.29 is 13.7 Å². The van der Waals surface area contributed by atoms with Crippen LogP contribution in [0, 0.1) is 21.7 Å². The van der Waals surface area contributed by atoms with E-state index in [2.05, 4.69) is 0 Å². The van der Waals surface area contributed by atoms with Gasteiger partial charge in [-0.2, -0.15) is 4.39 Å². The summed E-state index contributed by atoms with van der Waals surface area (Å²) in [6.07, 6.45) is 0. The predicted octanol–water partition coefficient (Wildman–Crippen LogP) is 1.33. The van der Waals surface area contributed by atoms with Gasteiger partial charge < -0.3 is 5.73 Å². The first kappa shape index (κ1) is 9.53. The van der Waals surface area contributed by atoms with Crippen LogP contribution in [0.15, 0.2) is 12.1 Å². The van der Waals surface area contributed by atoms with Crippen LogP contribution in [0.25, 0.3) is 0 Å². The molecule has 2 N–H and O–H groups in total. The number of benzene rings is 1. The van der Waals surface area contributed by atoms with Crippen LogP contribution in [-0.2, 0) is 6.54 Å². The Morgan fingerprint density at radius 1 is 1.38 bits per heavy atom. The van der Waals surface area contributed by atoms with Crippen molar-refractivity contribution in [2.24, 2.45) is 5.73 Å². The van der Waals surface area contributed by atoms with Gasteiger partial charge in [0.05, 0.1) is 10.5 Å². The molecule has 1 rings (SSSR count). The molecular weight excluding hydrogens is 182 g/mol. The minimum Gasteiger partial charge on any atom is -0.326 e. The Hall–Kier alpha value is -1.56. The van der Waals surface area contributed by atoms with Gasteiger partial charge in [-0.25, -0.2) is 4.39 Å². The zero-order valence-electron chi connectivity index (χ0n) is 6.46. The molecule has 0 aliphatic rings. The Balaban J connectivity index is 3.43. The quantitative estimate of drug-likeness (QED) is 0.562. The average molecular weight is 188 g/mol. The first-order valence-corrected chi connectivity index (χ1v) is 3.39. The lowest BCUT2D eigenvalue weighted by Gasteiger charge is -2.01. The molecule has 0 spiro atoms. The molecule has 70 valence electrons. The maximum Gasteiger partial charge on any atom is 0.312 e. The van der Waals surface area contributed by atoms with Gasteiger partial charge in [-0.1, -0.05) is 0 Å². The van der Waals surface area contributed by atoms with Crippen molar-refractivity contribution in [3.05, 3.63) is 39.4 Å². The van der Waals surface area contributed by atoms with Crippen LogP contribution in [0.5, 0.6) is 0 Å². The standard InChI is InChI=1S/C7H6F2N2O2/c8-5-1-2-6(9)7(11(12)13)4(5)3-10/h1-2H,3,10H2.